The highest BCUT2D eigenvalue weighted by Gasteiger charge is 2.22. The molecule has 26 heavy (non-hydrogen) atoms. The number of benzene rings is 1. The number of amides is 1. The van der Waals surface area contributed by atoms with Crippen molar-refractivity contribution in [2.24, 2.45) is 0 Å². The molecule has 0 aliphatic rings. The summed E-state index contributed by atoms with van der Waals surface area (Å²) in [5.74, 6) is -0.0789. The molecule has 1 aromatic heterocycles. The van der Waals surface area contributed by atoms with Gasteiger partial charge in [0.25, 0.3) is 5.91 Å². The van der Waals surface area contributed by atoms with Crippen LogP contribution in [0.5, 0.6) is 0 Å². The Labute approximate surface area is 160 Å². The number of carbonyl (C=O) groups is 1. The van der Waals surface area contributed by atoms with Gasteiger partial charge in [-0.2, -0.15) is 15.6 Å². The molecule has 1 heterocycles. The lowest BCUT2D eigenvalue weighted by Gasteiger charge is -2.22. The normalized spacial score (nSPS) is 11.7. The minimum atomic E-state index is -3.51. The van der Waals surface area contributed by atoms with E-state index in [4.69, 9.17) is 0 Å². The Bertz CT molecular complexity index is 796. The summed E-state index contributed by atoms with van der Waals surface area (Å²) in [5.41, 5.74) is 1.62. The quantitative estimate of drug-likeness (QED) is 0.649. The Morgan fingerprint density at radius 2 is 1.69 bits per heavy atom. The van der Waals surface area contributed by atoms with Crippen LogP contribution in [0.4, 0.5) is 0 Å². The van der Waals surface area contributed by atoms with Crippen molar-refractivity contribution in [3.05, 3.63) is 52.2 Å². The van der Waals surface area contributed by atoms with E-state index in [0.717, 1.165) is 12.0 Å². The maximum absolute atomic E-state index is 12.8. The second-order valence-corrected chi connectivity index (χ2v) is 8.69. The first-order valence-electron chi connectivity index (χ1n) is 8.84. The summed E-state index contributed by atoms with van der Waals surface area (Å²) >= 11 is 1.61. The molecular formula is C19H26N2O3S2. The van der Waals surface area contributed by atoms with E-state index in [0.29, 0.717) is 31.7 Å². The van der Waals surface area contributed by atoms with E-state index in [-0.39, 0.29) is 10.8 Å². The zero-order valence-electron chi connectivity index (χ0n) is 15.5. The average molecular weight is 395 g/mol. The summed E-state index contributed by atoms with van der Waals surface area (Å²) in [4.78, 5) is 14.9. The van der Waals surface area contributed by atoms with Crippen molar-refractivity contribution in [1.82, 2.24) is 9.21 Å². The summed E-state index contributed by atoms with van der Waals surface area (Å²) in [7, 11) is -3.51. The Balaban J connectivity index is 2.21. The summed E-state index contributed by atoms with van der Waals surface area (Å²) in [6, 6.07) is 8.27. The Morgan fingerprint density at radius 1 is 1.04 bits per heavy atom. The minimum absolute atomic E-state index is 0.0789. The molecule has 0 aliphatic heterocycles. The van der Waals surface area contributed by atoms with Crippen molar-refractivity contribution in [2.45, 2.75) is 38.6 Å². The molecule has 0 spiro atoms. The number of hydrogen-bond donors (Lipinski definition) is 0. The van der Waals surface area contributed by atoms with E-state index in [2.05, 4.69) is 0 Å². The van der Waals surface area contributed by atoms with Gasteiger partial charge in [0, 0.05) is 31.7 Å². The van der Waals surface area contributed by atoms with Crippen molar-refractivity contribution >= 4 is 27.3 Å². The predicted molar refractivity (Wildman–Crippen MR) is 106 cm³/mol. The zero-order valence-corrected chi connectivity index (χ0v) is 17.1. The van der Waals surface area contributed by atoms with Crippen molar-refractivity contribution in [1.29, 1.82) is 0 Å². The summed E-state index contributed by atoms with van der Waals surface area (Å²) in [6.07, 6.45) is 0.865. The zero-order chi connectivity index (χ0) is 19.2. The monoisotopic (exact) mass is 394 g/mol. The lowest BCUT2D eigenvalue weighted by molar-refractivity contribution is 0.0743. The van der Waals surface area contributed by atoms with Gasteiger partial charge < -0.3 is 4.90 Å². The van der Waals surface area contributed by atoms with E-state index in [1.54, 1.807) is 28.4 Å². The van der Waals surface area contributed by atoms with Crippen LogP contribution in [-0.2, 0) is 16.6 Å². The van der Waals surface area contributed by atoms with Crippen LogP contribution in [0.2, 0.25) is 0 Å². The molecule has 0 saturated heterocycles. The highest BCUT2D eigenvalue weighted by atomic mass is 32.2. The molecule has 2 aromatic rings. The average Bonchev–Trinajstić information content (AvgIpc) is 3.15. The summed E-state index contributed by atoms with van der Waals surface area (Å²) < 4.78 is 26.5. The van der Waals surface area contributed by atoms with Gasteiger partial charge in [-0.1, -0.05) is 20.8 Å². The van der Waals surface area contributed by atoms with E-state index in [1.165, 1.54) is 16.4 Å². The summed E-state index contributed by atoms with van der Waals surface area (Å²) in [6.45, 7) is 7.73. The van der Waals surface area contributed by atoms with Crippen molar-refractivity contribution in [3.63, 3.8) is 0 Å². The molecule has 0 N–H and O–H groups in total. The van der Waals surface area contributed by atoms with Crippen molar-refractivity contribution < 1.29 is 13.2 Å². The van der Waals surface area contributed by atoms with Gasteiger partial charge in [0.2, 0.25) is 10.0 Å². The van der Waals surface area contributed by atoms with Crippen LogP contribution < -0.4 is 0 Å². The summed E-state index contributed by atoms with van der Waals surface area (Å²) in [5, 5.41) is 4.03. The second-order valence-electron chi connectivity index (χ2n) is 5.97. The predicted octanol–water partition coefficient (Wildman–Crippen LogP) is 3.83. The van der Waals surface area contributed by atoms with Crippen molar-refractivity contribution in [2.75, 3.05) is 19.6 Å². The van der Waals surface area contributed by atoms with Gasteiger partial charge in [-0.15, -0.1) is 0 Å². The van der Waals surface area contributed by atoms with Crippen LogP contribution in [0.3, 0.4) is 0 Å². The van der Waals surface area contributed by atoms with E-state index in [1.807, 2.05) is 37.6 Å². The standard InChI is InChI=1S/C19H26N2O3S2/c1-4-12-20(14-16-11-13-25-15-16)19(22)17-7-9-18(10-8-17)26(23,24)21(5-2)6-3/h7-11,13,15H,4-6,12,14H2,1-3H3. The third kappa shape index (κ3) is 4.72. The number of hydrogen-bond acceptors (Lipinski definition) is 4. The van der Waals surface area contributed by atoms with Gasteiger partial charge in [-0.3, -0.25) is 4.79 Å². The molecule has 0 aliphatic carbocycles. The first-order valence-corrected chi connectivity index (χ1v) is 11.2. The molecule has 0 bridgehead atoms. The Kier molecular flexibility index (Phi) is 7.37. The first-order chi connectivity index (χ1) is 12.4. The van der Waals surface area contributed by atoms with Gasteiger partial charge in [-0.05, 0) is 53.1 Å². The minimum Gasteiger partial charge on any atom is -0.334 e. The highest BCUT2D eigenvalue weighted by molar-refractivity contribution is 7.89. The second kappa shape index (κ2) is 9.30. The van der Waals surface area contributed by atoms with Gasteiger partial charge in [-0.25, -0.2) is 8.42 Å². The molecule has 7 heteroatoms. The van der Waals surface area contributed by atoms with Crippen LogP contribution >= 0.6 is 11.3 Å². The smallest absolute Gasteiger partial charge is 0.254 e. The Morgan fingerprint density at radius 3 is 2.19 bits per heavy atom. The lowest BCUT2D eigenvalue weighted by atomic mass is 10.2. The molecule has 0 atom stereocenters. The molecule has 5 nitrogen and oxygen atoms in total. The molecule has 142 valence electrons. The van der Waals surface area contributed by atoms with E-state index in [9.17, 15) is 13.2 Å². The molecule has 1 amide bonds. The van der Waals surface area contributed by atoms with Crippen LogP contribution in [-0.4, -0.2) is 43.2 Å². The lowest BCUT2D eigenvalue weighted by Crippen LogP contribution is -2.32. The van der Waals surface area contributed by atoms with Crippen molar-refractivity contribution in [3.8, 4) is 0 Å². The van der Waals surface area contributed by atoms with Crippen LogP contribution in [0.1, 0.15) is 43.1 Å². The third-order valence-electron chi connectivity index (χ3n) is 4.18. The van der Waals surface area contributed by atoms with E-state index < -0.39 is 10.0 Å². The van der Waals surface area contributed by atoms with Gasteiger partial charge >= 0.3 is 0 Å². The fourth-order valence-corrected chi connectivity index (χ4v) is 4.91. The SMILES string of the molecule is CCCN(Cc1ccsc1)C(=O)c1ccc(S(=O)(=O)N(CC)CC)cc1. The van der Waals surface area contributed by atoms with Gasteiger partial charge in [0.05, 0.1) is 4.90 Å². The number of carbonyl (C=O) groups excluding carboxylic acids is 1. The van der Waals surface area contributed by atoms with Gasteiger partial charge in [0.1, 0.15) is 0 Å². The topological polar surface area (TPSA) is 57.7 Å². The molecule has 1 aromatic carbocycles. The fourth-order valence-electron chi connectivity index (χ4n) is 2.79. The first kappa shape index (κ1) is 20.6. The fraction of sp³-hybridized carbons (Fsp3) is 0.421. The molecule has 0 unspecified atom stereocenters. The van der Waals surface area contributed by atoms with Crippen LogP contribution in [0, 0.1) is 0 Å². The largest absolute Gasteiger partial charge is 0.334 e. The number of sulfonamides is 1. The number of thiophene rings is 1. The highest BCUT2D eigenvalue weighted by Crippen LogP contribution is 2.18. The Hall–Kier alpha value is -1.70. The van der Waals surface area contributed by atoms with E-state index >= 15 is 0 Å². The molecular weight excluding hydrogens is 368 g/mol. The molecule has 0 fully saturated rings. The maximum atomic E-state index is 12.8. The number of rotatable bonds is 9. The molecule has 2 rings (SSSR count). The van der Waals surface area contributed by atoms with Crippen LogP contribution in [0.25, 0.3) is 0 Å². The van der Waals surface area contributed by atoms with Gasteiger partial charge in [0.15, 0.2) is 0 Å². The van der Waals surface area contributed by atoms with Crippen LogP contribution in [0.15, 0.2) is 46.0 Å². The number of nitrogens with zero attached hydrogens (tertiary/aromatic N) is 2. The maximum Gasteiger partial charge on any atom is 0.254 e. The molecule has 0 saturated carbocycles. The third-order valence-corrected chi connectivity index (χ3v) is 6.97. The molecule has 0 radical (unpaired) electrons.